The summed E-state index contributed by atoms with van der Waals surface area (Å²) in [5.74, 6) is -2.69. The van der Waals surface area contributed by atoms with Crippen molar-refractivity contribution in [3.8, 4) is 0 Å². The normalized spacial score (nSPS) is 12.3. The molecule has 1 aliphatic rings. The van der Waals surface area contributed by atoms with Crippen LogP contribution in [0.2, 0.25) is 0 Å². The van der Waals surface area contributed by atoms with Crippen molar-refractivity contribution < 1.29 is 28.3 Å². The molecule has 3 N–H and O–H groups in total. The van der Waals surface area contributed by atoms with Gasteiger partial charge in [0.15, 0.2) is 12.4 Å². The van der Waals surface area contributed by atoms with Crippen LogP contribution in [0.3, 0.4) is 0 Å². The Morgan fingerprint density at radius 3 is 2.52 bits per heavy atom. The van der Waals surface area contributed by atoms with Crippen LogP contribution >= 0.6 is 11.3 Å². The van der Waals surface area contributed by atoms with E-state index in [-0.39, 0.29) is 18.6 Å². The zero-order valence-corrected chi connectivity index (χ0v) is 16.3. The maximum Gasteiger partial charge on any atom is 0.306 e. The van der Waals surface area contributed by atoms with Crippen molar-refractivity contribution in [2.75, 3.05) is 11.9 Å². The molecule has 152 valence electrons. The third kappa shape index (κ3) is 5.05. The van der Waals surface area contributed by atoms with Gasteiger partial charge in [0.25, 0.3) is 11.8 Å². The van der Waals surface area contributed by atoms with Crippen molar-refractivity contribution in [2.24, 2.45) is 5.73 Å². The molecule has 1 aromatic heterocycles. The summed E-state index contributed by atoms with van der Waals surface area (Å²) < 4.78 is 17.7. The van der Waals surface area contributed by atoms with E-state index in [9.17, 15) is 23.6 Å². The first-order chi connectivity index (χ1) is 13.8. The molecule has 0 saturated carbocycles. The summed E-state index contributed by atoms with van der Waals surface area (Å²) >= 11 is 1.31. The number of halogens is 1. The number of ketones is 1. The minimum Gasteiger partial charge on any atom is -0.456 e. The molecule has 7 nitrogen and oxygen atoms in total. The lowest BCUT2D eigenvalue weighted by Gasteiger charge is -2.07. The lowest BCUT2D eigenvalue weighted by atomic mass is 10.1. The number of Topliss-reactive ketones (excluding diaryl/α,β-unsaturated/α-hetero) is 1. The number of hydrogen-bond acceptors (Lipinski definition) is 6. The summed E-state index contributed by atoms with van der Waals surface area (Å²) in [6, 6.07) is 5.00. The predicted molar refractivity (Wildman–Crippen MR) is 104 cm³/mol. The van der Waals surface area contributed by atoms with Gasteiger partial charge in [0.1, 0.15) is 10.8 Å². The Kier molecular flexibility index (Phi) is 6.38. The first kappa shape index (κ1) is 20.7. The predicted octanol–water partition coefficient (Wildman–Crippen LogP) is 2.62. The Labute approximate surface area is 170 Å². The van der Waals surface area contributed by atoms with E-state index >= 15 is 0 Å². The summed E-state index contributed by atoms with van der Waals surface area (Å²) in [7, 11) is 0. The van der Waals surface area contributed by atoms with Gasteiger partial charge in [-0.3, -0.25) is 19.2 Å². The van der Waals surface area contributed by atoms with E-state index in [1.165, 1.54) is 23.5 Å². The summed E-state index contributed by atoms with van der Waals surface area (Å²) in [5, 5.41) is 2.94. The average molecular weight is 418 g/mol. The van der Waals surface area contributed by atoms with Gasteiger partial charge in [-0.15, -0.1) is 11.3 Å². The quantitative estimate of drug-likeness (QED) is 0.505. The van der Waals surface area contributed by atoms with Gasteiger partial charge in [0, 0.05) is 16.9 Å². The van der Waals surface area contributed by atoms with Crippen molar-refractivity contribution >= 4 is 39.9 Å². The molecule has 0 unspecified atom stereocenters. The van der Waals surface area contributed by atoms with E-state index < -0.39 is 30.2 Å². The van der Waals surface area contributed by atoms with E-state index in [2.05, 4.69) is 5.32 Å². The molecule has 0 atom stereocenters. The molecule has 29 heavy (non-hydrogen) atoms. The van der Waals surface area contributed by atoms with Gasteiger partial charge in [0.2, 0.25) is 0 Å². The van der Waals surface area contributed by atoms with Crippen LogP contribution in [0.25, 0.3) is 0 Å². The number of amides is 2. The van der Waals surface area contributed by atoms with Crippen molar-refractivity contribution in [3.05, 3.63) is 51.7 Å². The van der Waals surface area contributed by atoms with Gasteiger partial charge in [-0.25, -0.2) is 4.39 Å². The zero-order valence-electron chi connectivity index (χ0n) is 15.5. The summed E-state index contributed by atoms with van der Waals surface area (Å²) in [6.07, 6.45) is 2.22. The maximum absolute atomic E-state index is 12.9. The highest BCUT2D eigenvalue weighted by Crippen LogP contribution is 2.38. The second-order valence-corrected chi connectivity index (χ2v) is 7.67. The third-order valence-corrected chi connectivity index (χ3v) is 5.71. The van der Waals surface area contributed by atoms with E-state index in [4.69, 9.17) is 10.5 Å². The van der Waals surface area contributed by atoms with Crippen LogP contribution in [0.4, 0.5) is 9.39 Å². The first-order valence-corrected chi connectivity index (χ1v) is 9.85. The molecule has 0 aliphatic heterocycles. The highest BCUT2D eigenvalue weighted by Gasteiger charge is 2.26. The van der Waals surface area contributed by atoms with Gasteiger partial charge in [-0.2, -0.15) is 0 Å². The standard InChI is InChI=1S/C20H19FN2O5S/c21-12-6-4-11(5-7-12)14(24)8-9-17(26)28-10-16(25)23-20-18(19(22)27)13-2-1-3-15(13)29-20/h4-7H,1-3,8-10H2,(H2,22,27)(H,23,25). The Morgan fingerprint density at radius 2 is 1.83 bits per heavy atom. The smallest absolute Gasteiger partial charge is 0.306 e. The average Bonchev–Trinajstić information content (AvgIpc) is 3.25. The molecule has 0 saturated heterocycles. The Morgan fingerprint density at radius 1 is 1.10 bits per heavy atom. The number of benzene rings is 1. The largest absolute Gasteiger partial charge is 0.456 e. The summed E-state index contributed by atoms with van der Waals surface area (Å²) in [6.45, 7) is -0.537. The van der Waals surface area contributed by atoms with Crippen LogP contribution < -0.4 is 11.1 Å². The van der Waals surface area contributed by atoms with Crippen molar-refractivity contribution in [1.29, 1.82) is 0 Å². The SMILES string of the molecule is NC(=O)c1c(NC(=O)COC(=O)CCC(=O)c2ccc(F)cc2)sc2c1CCC2. The van der Waals surface area contributed by atoms with Gasteiger partial charge in [-0.1, -0.05) is 0 Å². The summed E-state index contributed by atoms with van der Waals surface area (Å²) in [5.41, 5.74) is 6.94. The number of hydrogen-bond donors (Lipinski definition) is 2. The molecule has 0 radical (unpaired) electrons. The van der Waals surface area contributed by atoms with E-state index in [0.29, 0.717) is 16.1 Å². The maximum atomic E-state index is 12.9. The van der Waals surface area contributed by atoms with Crippen molar-refractivity contribution in [3.63, 3.8) is 0 Å². The van der Waals surface area contributed by atoms with E-state index in [1.807, 2.05) is 0 Å². The molecule has 1 heterocycles. The molecule has 9 heteroatoms. The van der Waals surface area contributed by atoms with Crippen LogP contribution in [-0.4, -0.2) is 30.2 Å². The second kappa shape index (κ2) is 8.95. The number of thiophene rings is 1. The highest BCUT2D eigenvalue weighted by molar-refractivity contribution is 7.17. The number of esters is 1. The van der Waals surface area contributed by atoms with Crippen LogP contribution in [0.15, 0.2) is 24.3 Å². The van der Waals surface area contributed by atoms with Gasteiger partial charge in [-0.05, 0) is 49.1 Å². The number of aryl methyl sites for hydroxylation is 1. The first-order valence-electron chi connectivity index (χ1n) is 9.03. The monoisotopic (exact) mass is 418 g/mol. The topological polar surface area (TPSA) is 116 Å². The van der Waals surface area contributed by atoms with Crippen LogP contribution in [-0.2, 0) is 27.2 Å². The lowest BCUT2D eigenvalue weighted by Crippen LogP contribution is -2.23. The fourth-order valence-electron chi connectivity index (χ4n) is 3.13. The van der Waals surface area contributed by atoms with E-state index in [0.717, 1.165) is 41.8 Å². The van der Waals surface area contributed by atoms with Crippen LogP contribution in [0.1, 0.15) is 50.4 Å². The molecule has 1 aromatic carbocycles. The molecular weight excluding hydrogens is 399 g/mol. The van der Waals surface area contributed by atoms with Crippen molar-refractivity contribution in [1.82, 2.24) is 0 Å². The number of carbonyl (C=O) groups is 4. The molecule has 1 aliphatic carbocycles. The molecule has 0 spiro atoms. The number of carbonyl (C=O) groups excluding carboxylic acids is 4. The number of nitrogens with two attached hydrogens (primary N) is 1. The van der Waals surface area contributed by atoms with Gasteiger partial charge in [0.05, 0.1) is 12.0 Å². The molecule has 2 amide bonds. The number of ether oxygens (including phenoxy) is 1. The second-order valence-electron chi connectivity index (χ2n) is 6.56. The van der Waals surface area contributed by atoms with Crippen LogP contribution in [0.5, 0.6) is 0 Å². The molecule has 2 aromatic rings. The minimum absolute atomic E-state index is 0.116. The fraction of sp³-hybridized carbons (Fsp3) is 0.300. The molecule has 0 bridgehead atoms. The number of anilines is 1. The summed E-state index contributed by atoms with van der Waals surface area (Å²) in [4.78, 5) is 48.6. The van der Waals surface area contributed by atoms with Crippen LogP contribution in [0, 0.1) is 5.82 Å². The lowest BCUT2D eigenvalue weighted by molar-refractivity contribution is -0.147. The molecule has 3 rings (SSSR count). The van der Waals surface area contributed by atoms with Gasteiger partial charge < -0.3 is 15.8 Å². The Hall–Kier alpha value is -3.07. The minimum atomic E-state index is -0.709. The number of nitrogens with one attached hydrogen (secondary N) is 1. The third-order valence-electron chi connectivity index (χ3n) is 4.51. The molecular formula is C20H19FN2O5S. The fourth-order valence-corrected chi connectivity index (χ4v) is 4.44. The zero-order chi connectivity index (χ0) is 21.0. The Balaban J connectivity index is 1.47. The highest BCUT2D eigenvalue weighted by atomic mass is 32.1. The Bertz CT molecular complexity index is 968. The number of primary amides is 1. The number of fused-ring (bicyclic) bond motifs is 1. The van der Waals surface area contributed by atoms with E-state index in [1.54, 1.807) is 0 Å². The van der Waals surface area contributed by atoms with Gasteiger partial charge >= 0.3 is 5.97 Å². The van der Waals surface area contributed by atoms with Crippen molar-refractivity contribution in [2.45, 2.75) is 32.1 Å². The molecule has 0 fully saturated rings. The number of rotatable bonds is 8.